The van der Waals surface area contributed by atoms with Crippen LogP contribution in [-0.2, 0) is 11.3 Å². The van der Waals surface area contributed by atoms with Crippen molar-refractivity contribution < 1.29 is 18.4 Å². The molecule has 0 spiro atoms. The summed E-state index contributed by atoms with van der Waals surface area (Å²) in [6.45, 7) is 0.155. The molecule has 0 aliphatic heterocycles. The fourth-order valence-electron chi connectivity index (χ4n) is 1.57. The molecule has 4 nitrogen and oxygen atoms in total. The molecule has 0 aliphatic carbocycles. The molecule has 2 aromatic rings. The second kappa shape index (κ2) is 6.34. The van der Waals surface area contributed by atoms with E-state index in [-0.39, 0.29) is 29.9 Å². The molecular weight excluding hydrogens is 285 g/mol. The van der Waals surface area contributed by atoms with Crippen LogP contribution < -0.4 is 5.32 Å². The summed E-state index contributed by atoms with van der Waals surface area (Å²) >= 11 is 5.34. The predicted octanol–water partition coefficient (Wildman–Crippen LogP) is 2.50. The van der Waals surface area contributed by atoms with Crippen molar-refractivity contribution in [1.82, 2.24) is 5.32 Å². The molecule has 0 saturated carbocycles. The number of nitrogens with one attached hydrogen (secondary N) is 1. The monoisotopic (exact) mass is 295 g/mol. The Kier molecular flexibility index (Phi) is 4.53. The van der Waals surface area contributed by atoms with Crippen LogP contribution in [0.15, 0.2) is 40.8 Å². The van der Waals surface area contributed by atoms with E-state index in [9.17, 15) is 14.0 Å². The number of ketones is 1. The van der Waals surface area contributed by atoms with Gasteiger partial charge in [0, 0.05) is 5.56 Å². The van der Waals surface area contributed by atoms with Crippen molar-refractivity contribution in [2.75, 3.05) is 5.88 Å². The van der Waals surface area contributed by atoms with Crippen LogP contribution in [0.4, 0.5) is 4.39 Å². The van der Waals surface area contributed by atoms with E-state index < -0.39 is 5.82 Å². The highest BCUT2D eigenvalue weighted by Gasteiger charge is 2.14. The summed E-state index contributed by atoms with van der Waals surface area (Å²) in [4.78, 5) is 23.0. The number of carbonyl (C=O) groups is 2. The van der Waals surface area contributed by atoms with Crippen molar-refractivity contribution in [3.05, 3.63) is 59.3 Å². The summed E-state index contributed by atoms with van der Waals surface area (Å²) in [6.07, 6.45) is 0. The Labute approximate surface area is 119 Å². The van der Waals surface area contributed by atoms with Gasteiger partial charge in [-0.15, -0.1) is 11.6 Å². The van der Waals surface area contributed by atoms with E-state index >= 15 is 0 Å². The first-order chi connectivity index (χ1) is 9.60. The van der Waals surface area contributed by atoms with Gasteiger partial charge in [-0.3, -0.25) is 9.59 Å². The standard InChI is InChI=1S/C14H11ClFNO3/c15-7-13(18)17-8-11-5-6-12(20-11)14(19)9-1-3-10(16)4-2-9/h1-6H,7-8H2,(H,17,18). The Hall–Kier alpha value is -2.14. The number of carbonyl (C=O) groups excluding carboxylic acids is 2. The molecule has 1 aromatic carbocycles. The minimum absolute atomic E-state index is 0.131. The SMILES string of the molecule is O=C(CCl)NCc1ccc(C(=O)c2ccc(F)cc2)o1. The highest BCUT2D eigenvalue weighted by Crippen LogP contribution is 2.14. The van der Waals surface area contributed by atoms with E-state index in [2.05, 4.69) is 5.32 Å². The zero-order valence-electron chi connectivity index (χ0n) is 10.4. The van der Waals surface area contributed by atoms with Crippen LogP contribution in [0.3, 0.4) is 0 Å². The van der Waals surface area contributed by atoms with Crippen molar-refractivity contribution in [2.45, 2.75) is 6.54 Å². The van der Waals surface area contributed by atoms with Crippen molar-refractivity contribution in [2.24, 2.45) is 0 Å². The van der Waals surface area contributed by atoms with E-state index in [0.29, 0.717) is 11.3 Å². The average Bonchev–Trinajstić information content (AvgIpc) is 2.93. The molecule has 1 heterocycles. The molecule has 0 unspecified atom stereocenters. The maximum Gasteiger partial charge on any atom is 0.235 e. The van der Waals surface area contributed by atoms with Crippen LogP contribution in [-0.4, -0.2) is 17.6 Å². The first-order valence-corrected chi connectivity index (χ1v) is 6.35. The van der Waals surface area contributed by atoms with Gasteiger partial charge in [-0.1, -0.05) is 0 Å². The van der Waals surface area contributed by atoms with Gasteiger partial charge in [0.2, 0.25) is 11.7 Å². The van der Waals surface area contributed by atoms with Crippen molar-refractivity contribution in [1.29, 1.82) is 0 Å². The van der Waals surface area contributed by atoms with Crippen molar-refractivity contribution >= 4 is 23.3 Å². The van der Waals surface area contributed by atoms with Gasteiger partial charge in [0.1, 0.15) is 17.5 Å². The molecule has 0 fully saturated rings. The predicted molar refractivity (Wildman–Crippen MR) is 71.1 cm³/mol. The van der Waals surface area contributed by atoms with Gasteiger partial charge in [-0.05, 0) is 36.4 Å². The Bertz CT molecular complexity index is 622. The third-order valence-electron chi connectivity index (χ3n) is 2.57. The van der Waals surface area contributed by atoms with E-state index in [1.807, 2.05) is 0 Å². The number of halogens is 2. The summed E-state index contributed by atoms with van der Waals surface area (Å²) in [6, 6.07) is 8.28. The van der Waals surface area contributed by atoms with Crippen LogP contribution in [0.2, 0.25) is 0 Å². The van der Waals surface area contributed by atoms with E-state index in [1.165, 1.54) is 30.3 Å². The minimum Gasteiger partial charge on any atom is -0.456 e. The topological polar surface area (TPSA) is 59.3 Å². The van der Waals surface area contributed by atoms with Gasteiger partial charge < -0.3 is 9.73 Å². The summed E-state index contributed by atoms with van der Waals surface area (Å²) < 4.78 is 18.1. The maximum atomic E-state index is 12.8. The zero-order valence-corrected chi connectivity index (χ0v) is 11.1. The van der Waals surface area contributed by atoms with Gasteiger partial charge in [-0.25, -0.2) is 4.39 Å². The molecule has 0 saturated heterocycles. The maximum absolute atomic E-state index is 12.8. The molecule has 6 heteroatoms. The zero-order chi connectivity index (χ0) is 14.5. The van der Waals surface area contributed by atoms with Crippen molar-refractivity contribution in [3.63, 3.8) is 0 Å². The molecule has 1 aromatic heterocycles. The summed E-state index contributed by atoms with van der Waals surface area (Å²) in [5.41, 5.74) is 0.331. The van der Waals surface area contributed by atoms with Crippen LogP contribution in [0.5, 0.6) is 0 Å². The van der Waals surface area contributed by atoms with Crippen LogP contribution in [0, 0.1) is 5.82 Å². The second-order valence-electron chi connectivity index (χ2n) is 4.01. The molecule has 104 valence electrons. The van der Waals surface area contributed by atoms with Gasteiger partial charge in [0.15, 0.2) is 5.76 Å². The van der Waals surface area contributed by atoms with Crippen molar-refractivity contribution in [3.8, 4) is 0 Å². The molecule has 20 heavy (non-hydrogen) atoms. The summed E-state index contributed by atoms with van der Waals surface area (Å²) in [5, 5.41) is 2.52. The number of amides is 1. The van der Waals surface area contributed by atoms with Crippen LogP contribution >= 0.6 is 11.6 Å². The average molecular weight is 296 g/mol. The third kappa shape index (κ3) is 3.45. The molecule has 1 N–H and O–H groups in total. The quantitative estimate of drug-likeness (QED) is 0.681. The molecule has 2 rings (SSSR count). The van der Waals surface area contributed by atoms with Gasteiger partial charge >= 0.3 is 0 Å². The molecule has 0 radical (unpaired) electrons. The summed E-state index contributed by atoms with van der Waals surface area (Å²) in [5.74, 6) is -0.650. The highest BCUT2D eigenvalue weighted by molar-refractivity contribution is 6.27. The third-order valence-corrected chi connectivity index (χ3v) is 2.82. The van der Waals surface area contributed by atoms with E-state index in [0.717, 1.165) is 0 Å². The molecule has 0 atom stereocenters. The van der Waals surface area contributed by atoms with Crippen LogP contribution in [0.1, 0.15) is 21.9 Å². The lowest BCUT2D eigenvalue weighted by atomic mass is 10.1. The Morgan fingerprint density at radius 1 is 1.15 bits per heavy atom. The second-order valence-corrected chi connectivity index (χ2v) is 4.28. The Balaban J connectivity index is 2.06. The van der Waals surface area contributed by atoms with E-state index in [4.69, 9.17) is 16.0 Å². The molecule has 0 bridgehead atoms. The van der Waals surface area contributed by atoms with Gasteiger partial charge in [-0.2, -0.15) is 0 Å². The highest BCUT2D eigenvalue weighted by atomic mass is 35.5. The Morgan fingerprint density at radius 2 is 1.85 bits per heavy atom. The lowest BCUT2D eigenvalue weighted by molar-refractivity contribution is -0.118. The molecule has 0 aliphatic rings. The summed E-state index contributed by atoms with van der Waals surface area (Å²) in [7, 11) is 0. The van der Waals surface area contributed by atoms with Crippen LogP contribution in [0.25, 0.3) is 0 Å². The lowest BCUT2D eigenvalue weighted by Gasteiger charge is -2.00. The fourth-order valence-corrected chi connectivity index (χ4v) is 1.67. The van der Waals surface area contributed by atoms with Gasteiger partial charge in [0.05, 0.1) is 6.54 Å². The van der Waals surface area contributed by atoms with E-state index in [1.54, 1.807) is 6.07 Å². The smallest absolute Gasteiger partial charge is 0.235 e. The number of alkyl halides is 1. The lowest BCUT2D eigenvalue weighted by Crippen LogP contribution is -2.23. The Morgan fingerprint density at radius 3 is 2.50 bits per heavy atom. The number of rotatable bonds is 5. The minimum atomic E-state index is -0.412. The number of hydrogen-bond acceptors (Lipinski definition) is 3. The largest absolute Gasteiger partial charge is 0.456 e. The first kappa shape index (κ1) is 14.3. The fraction of sp³-hybridized carbons (Fsp3) is 0.143. The number of benzene rings is 1. The normalized spacial score (nSPS) is 10.3. The molecule has 1 amide bonds. The molecular formula is C14H11ClFNO3. The number of furan rings is 1. The number of hydrogen-bond donors (Lipinski definition) is 1. The van der Waals surface area contributed by atoms with Gasteiger partial charge in [0.25, 0.3) is 0 Å². The first-order valence-electron chi connectivity index (χ1n) is 5.82.